The molecule has 0 amide bonds. The van der Waals surface area contributed by atoms with Crippen molar-refractivity contribution in [3.05, 3.63) is 34.9 Å². The molecule has 0 spiro atoms. The van der Waals surface area contributed by atoms with Crippen molar-refractivity contribution in [3.63, 3.8) is 0 Å². The number of aliphatic hydroxyl groups is 1. The summed E-state index contributed by atoms with van der Waals surface area (Å²) in [6, 6.07) is 8.01. The van der Waals surface area contributed by atoms with E-state index in [1.165, 1.54) is 5.56 Å². The Hall–Kier alpha value is -0.570. The highest BCUT2D eigenvalue weighted by Crippen LogP contribution is 2.29. The molecule has 1 aromatic carbocycles. The molecule has 1 aromatic rings. The standard InChI is InChI=1S/C14H20ClNO/c1-14(2)9-13(17)6-7-16(14)10-11-4-3-5-12(15)8-11/h3-5,8,13,17H,6-7,9-10H2,1-2H3. The zero-order valence-electron chi connectivity index (χ0n) is 10.5. The Morgan fingerprint density at radius 1 is 1.47 bits per heavy atom. The van der Waals surface area contributed by atoms with Crippen molar-refractivity contribution >= 4 is 11.6 Å². The fraction of sp³-hybridized carbons (Fsp3) is 0.571. The SMILES string of the molecule is CC1(C)CC(O)CCN1Cc1cccc(Cl)c1. The van der Waals surface area contributed by atoms with Crippen LogP contribution in [0.3, 0.4) is 0 Å². The number of hydrogen-bond acceptors (Lipinski definition) is 2. The highest BCUT2D eigenvalue weighted by molar-refractivity contribution is 6.30. The van der Waals surface area contributed by atoms with Crippen LogP contribution in [0.4, 0.5) is 0 Å². The van der Waals surface area contributed by atoms with Gasteiger partial charge in [0, 0.05) is 23.7 Å². The summed E-state index contributed by atoms with van der Waals surface area (Å²) >= 11 is 6.00. The lowest BCUT2D eigenvalue weighted by Crippen LogP contribution is -2.50. The molecule has 94 valence electrons. The number of halogens is 1. The second-order valence-corrected chi connectivity index (χ2v) is 5.95. The lowest BCUT2D eigenvalue weighted by molar-refractivity contribution is -0.00717. The van der Waals surface area contributed by atoms with Crippen LogP contribution in [-0.2, 0) is 6.54 Å². The lowest BCUT2D eigenvalue weighted by atomic mass is 9.88. The number of aliphatic hydroxyl groups excluding tert-OH is 1. The number of likely N-dealkylation sites (tertiary alicyclic amines) is 1. The smallest absolute Gasteiger partial charge is 0.0569 e. The summed E-state index contributed by atoms with van der Waals surface area (Å²) in [5.74, 6) is 0. The van der Waals surface area contributed by atoms with Crippen LogP contribution >= 0.6 is 11.6 Å². The Morgan fingerprint density at radius 3 is 2.88 bits per heavy atom. The molecule has 2 nitrogen and oxygen atoms in total. The maximum Gasteiger partial charge on any atom is 0.0569 e. The lowest BCUT2D eigenvalue weighted by Gasteiger charge is -2.44. The van der Waals surface area contributed by atoms with Gasteiger partial charge in [-0.1, -0.05) is 23.7 Å². The highest BCUT2D eigenvalue weighted by atomic mass is 35.5. The second kappa shape index (κ2) is 4.97. The number of hydrogen-bond donors (Lipinski definition) is 1. The Bertz CT molecular complexity index is 392. The molecule has 0 aliphatic carbocycles. The van der Waals surface area contributed by atoms with Gasteiger partial charge in [-0.05, 0) is 44.4 Å². The molecule has 1 aliphatic rings. The minimum absolute atomic E-state index is 0.0555. The largest absolute Gasteiger partial charge is 0.393 e. The van der Waals surface area contributed by atoms with E-state index in [-0.39, 0.29) is 11.6 Å². The molecule has 0 aromatic heterocycles. The molecule has 1 heterocycles. The summed E-state index contributed by atoms with van der Waals surface area (Å²) in [5.41, 5.74) is 1.29. The molecule has 3 heteroatoms. The molecule has 2 rings (SSSR count). The van der Waals surface area contributed by atoms with E-state index in [0.29, 0.717) is 0 Å². The van der Waals surface area contributed by atoms with E-state index in [9.17, 15) is 5.11 Å². The Kier molecular flexibility index (Phi) is 3.76. The quantitative estimate of drug-likeness (QED) is 0.876. The number of piperidine rings is 1. The van der Waals surface area contributed by atoms with Crippen LogP contribution in [0.2, 0.25) is 5.02 Å². The van der Waals surface area contributed by atoms with Crippen LogP contribution in [0, 0.1) is 0 Å². The summed E-state index contributed by atoms with van der Waals surface area (Å²) in [6.07, 6.45) is 1.55. The van der Waals surface area contributed by atoms with Gasteiger partial charge in [0.05, 0.1) is 6.10 Å². The predicted octanol–water partition coefficient (Wildman–Crippen LogP) is 3.08. The van der Waals surface area contributed by atoms with Gasteiger partial charge >= 0.3 is 0 Å². The van der Waals surface area contributed by atoms with Crippen molar-refractivity contribution in [2.75, 3.05) is 6.54 Å². The van der Waals surface area contributed by atoms with Gasteiger partial charge in [-0.15, -0.1) is 0 Å². The van der Waals surface area contributed by atoms with Crippen LogP contribution in [-0.4, -0.2) is 28.2 Å². The minimum Gasteiger partial charge on any atom is -0.393 e. The minimum atomic E-state index is -0.152. The molecule has 1 atom stereocenters. The third-order valence-electron chi connectivity index (χ3n) is 3.59. The maximum atomic E-state index is 9.72. The first-order valence-electron chi connectivity index (χ1n) is 6.15. The molecular weight excluding hydrogens is 234 g/mol. The van der Waals surface area contributed by atoms with Gasteiger partial charge in [0.25, 0.3) is 0 Å². The zero-order chi connectivity index (χ0) is 12.5. The van der Waals surface area contributed by atoms with Crippen molar-refractivity contribution in [1.82, 2.24) is 4.90 Å². The first-order chi connectivity index (χ1) is 7.97. The fourth-order valence-corrected chi connectivity index (χ4v) is 2.78. The summed E-state index contributed by atoms with van der Waals surface area (Å²) in [7, 11) is 0. The molecule has 1 N–H and O–H groups in total. The van der Waals surface area contributed by atoms with Crippen LogP contribution in [0.5, 0.6) is 0 Å². The van der Waals surface area contributed by atoms with Crippen molar-refractivity contribution < 1.29 is 5.11 Å². The molecule has 0 bridgehead atoms. The van der Waals surface area contributed by atoms with Crippen molar-refractivity contribution in [3.8, 4) is 0 Å². The van der Waals surface area contributed by atoms with E-state index in [0.717, 1.165) is 31.0 Å². The number of benzene rings is 1. The topological polar surface area (TPSA) is 23.5 Å². The van der Waals surface area contributed by atoms with Crippen molar-refractivity contribution in [2.24, 2.45) is 0 Å². The fourth-order valence-electron chi connectivity index (χ4n) is 2.56. The summed E-state index contributed by atoms with van der Waals surface area (Å²) in [5, 5.41) is 10.5. The molecule has 0 saturated carbocycles. The van der Waals surface area contributed by atoms with Crippen molar-refractivity contribution in [2.45, 2.75) is 44.9 Å². The van der Waals surface area contributed by atoms with E-state index in [4.69, 9.17) is 11.6 Å². The summed E-state index contributed by atoms with van der Waals surface area (Å²) in [6.45, 7) is 6.24. The van der Waals surface area contributed by atoms with Crippen LogP contribution in [0.1, 0.15) is 32.3 Å². The van der Waals surface area contributed by atoms with E-state index in [1.807, 2.05) is 18.2 Å². The van der Waals surface area contributed by atoms with Gasteiger partial charge < -0.3 is 5.11 Å². The van der Waals surface area contributed by atoms with Gasteiger partial charge in [0.1, 0.15) is 0 Å². The Balaban J connectivity index is 2.08. The maximum absolute atomic E-state index is 9.72. The molecule has 1 aliphatic heterocycles. The van der Waals surface area contributed by atoms with E-state index in [2.05, 4.69) is 24.8 Å². The molecular formula is C14H20ClNO. The van der Waals surface area contributed by atoms with Crippen LogP contribution in [0.15, 0.2) is 24.3 Å². The first-order valence-corrected chi connectivity index (χ1v) is 6.53. The first kappa shape index (κ1) is 12.9. The van der Waals surface area contributed by atoms with E-state index in [1.54, 1.807) is 0 Å². The molecule has 0 radical (unpaired) electrons. The molecule has 1 saturated heterocycles. The predicted molar refractivity (Wildman–Crippen MR) is 71.2 cm³/mol. The normalized spacial score (nSPS) is 24.8. The molecule has 17 heavy (non-hydrogen) atoms. The summed E-state index contributed by atoms with van der Waals surface area (Å²) in [4.78, 5) is 2.42. The van der Waals surface area contributed by atoms with E-state index < -0.39 is 0 Å². The van der Waals surface area contributed by atoms with Gasteiger partial charge in [0.2, 0.25) is 0 Å². The van der Waals surface area contributed by atoms with E-state index >= 15 is 0 Å². The zero-order valence-corrected chi connectivity index (χ0v) is 11.2. The van der Waals surface area contributed by atoms with Gasteiger partial charge in [-0.3, -0.25) is 4.90 Å². The average molecular weight is 254 g/mol. The second-order valence-electron chi connectivity index (χ2n) is 5.51. The highest BCUT2D eigenvalue weighted by Gasteiger charge is 2.33. The average Bonchev–Trinajstić information content (AvgIpc) is 2.21. The van der Waals surface area contributed by atoms with Gasteiger partial charge in [-0.25, -0.2) is 0 Å². The van der Waals surface area contributed by atoms with Gasteiger partial charge in [-0.2, -0.15) is 0 Å². The third-order valence-corrected chi connectivity index (χ3v) is 3.82. The van der Waals surface area contributed by atoms with Crippen molar-refractivity contribution in [1.29, 1.82) is 0 Å². The Labute approximate surface area is 108 Å². The molecule has 1 fully saturated rings. The van der Waals surface area contributed by atoms with Crippen LogP contribution < -0.4 is 0 Å². The molecule has 1 unspecified atom stereocenters. The number of nitrogens with zero attached hydrogens (tertiary/aromatic N) is 1. The van der Waals surface area contributed by atoms with Gasteiger partial charge in [0.15, 0.2) is 0 Å². The third kappa shape index (κ3) is 3.21. The monoisotopic (exact) mass is 253 g/mol. The summed E-state index contributed by atoms with van der Waals surface area (Å²) < 4.78 is 0. The Morgan fingerprint density at radius 2 is 2.24 bits per heavy atom. The van der Waals surface area contributed by atoms with Crippen LogP contribution in [0.25, 0.3) is 0 Å². The number of rotatable bonds is 2.